The van der Waals surface area contributed by atoms with Crippen molar-refractivity contribution in [1.29, 1.82) is 0 Å². The summed E-state index contributed by atoms with van der Waals surface area (Å²) in [6, 6.07) is 5.20. The number of nitrogens with one attached hydrogen (secondary N) is 1. The van der Waals surface area contributed by atoms with Crippen LogP contribution in [-0.2, 0) is 11.2 Å². The van der Waals surface area contributed by atoms with E-state index in [-0.39, 0.29) is 16.3 Å². The fourth-order valence-corrected chi connectivity index (χ4v) is 2.66. The first-order chi connectivity index (χ1) is 8.67. The first-order valence-electron chi connectivity index (χ1n) is 6.38. The van der Waals surface area contributed by atoms with Crippen LogP contribution in [0.15, 0.2) is 18.2 Å². The molecule has 4 heteroatoms. The maximum absolute atomic E-state index is 14.0. The van der Waals surface area contributed by atoms with E-state index in [1.54, 1.807) is 12.1 Å². The lowest BCUT2D eigenvalue weighted by Crippen LogP contribution is -2.37. The van der Waals surface area contributed by atoms with Crippen molar-refractivity contribution in [3.05, 3.63) is 34.6 Å². The van der Waals surface area contributed by atoms with Gasteiger partial charge in [-0.25, -0.2) is 4.39 Å². The van der Waals surface area contributed by atoms with Crippen LogP contribution in [-0.4, -0.2) is 26.3 Å². The number of hydrogen-bond acceptors (Lipinski definition) is 2. The molecule has 0 saturated carbocycles. The predicted molar refractivity (Wildman–Crippen MR) is 71.5 cm³/mol. The molecule has 1 atom stereocenters. The summed E-state index contributed by atoms with van der Waals surface area (Å²) in [4.78, 5) is 0. The van der Waals surface area contributed by atoms with Gasteiger partial charge in [0.05, 0.1) is 11.6 Å². The molecule has 1 aromatic carbocycles. The molecular formula is C14H19ClFNO. The van der Waals surface area contributed by atoms with E-state index >= 15 is 0 Å². The van der Waals surface area contributed by atoms with E-state index in [2.05, 4.69) is 12.2 Å². The summed E-state index contributed by atoms with van der Waals surface area (Å²) in [5.41, 5.74) is 0.688. The molecule has 2 nitrogen and oxygen atoms in total. The van der Waals surface area contributed by atoms with Gasteiger partial charge in [-0.3, -0.25) is 0 Å². The zero-order chi connectivity index (χ0) is 13.0. The summed E-state index contributed by atoms with van der Waals surface area (Å²) in [5, 5.41) is 3.55. The molecule has 2 rings (SSSR count). The molecule has 1 N–H and O–H groups in total. The van der Waals surface area contributed by atoms with Gasteiger partial charge in [-0.1, -0.05) is 30.7 Å². The van der Waals surface area contributed by atoms with Gasteiger partial charge in [-0.05, 0) is 31.0 Å². The highest BCUT2D eigenvalue weighted by molar-refractivity contribution is 6.30. The van der Waals surface area contributed by atoms with Crippen molar-refractivity contribution >= 4 is 11.6 Å². The van der Waals surface area contributed by atoms with Crippen molar-refractivity contribution in [2.45, 2.75) is 19.8 Å². The second-order valence-corrected chi connectivity index (χ2v) is 5.38. The summed E-state index contributed by atoms with van der Waals surface area (Å²) in [6.45, 7) is 5.29. The summed E-state index contributed by atoms with van der Waals surface area (Å²) >= 11 is 5.83. The zero-order valence-corrected chi connectivity index (χ0v) is 11.4. The first kappa shape index (κ1) is 13.8. The van der Waals surface area contributed by atoms with Crippen LogP contribution in [0.1, 0.15) is 18.9 Å². The van der Waals surface area contributed by atoms with Crippen LogP contribution >= 0.6 is 11.6 Å². The first-order valence-corrected chi connectivity index (χ1v) is 6.76. The Morgan fingerprint density at radius 2 is 2.33 bits per heavy atom. The lowest BCUT2D eigenvalue weighted by atomic mass is 9.80. The quantitative estimate of drug-likeness (QED) is 0.889. The van der Waals surface area contributed by atoms with Crippen LogP contribution in [0, 0.1) is 11.2 Å². The Bertz CT molecular complexity index is 405. The Hall–Kier alpha value is -0.640. The molecule has 1 unspecified atom stereocenters. The molecule has 1 aromatic rings. The molecule has 1 aliphatic heterocycles. The number of halogens is 2. The van der Waals surface area contributed by atoms with Crippen LogP contribution in [0.3, 0.4) is 0 Å². The third-order valence-corrected chi connectivity index (χ3v) is 3.82. The minimum absolute atomic E-state index is 0.00152. The molecule has 18 heavy (non-hydrogen) atoms. The lowest BCUT2D eigenvalue weighted by Gasteiger charge is -2.28. The topological polar surface area (TPSA) is 21.3 Å². The summed E-state index contributed by atoms with van der Waals surface area (Å²) < 4.78 is 19.5. The van der Waals surface area contributed by atoms with Crippen LogP contribution < -0.4 is 5.32 Å². The van der Waals surface area contributed by atoms with Crippen molar-refractivity contribution in [3.8, 4) is 0 Å². The smallest absolute Gasteiger partial charge is 0.144 e. The molecule has 0 spiro atoms. The third-order valence-electron chi connectivity index (χ3n) is 3.53. The van der Waals surface area contributed by atoms with E-state index in [1.165, 1.54) is 0 Å². The van der Waals surface area contributed by atoms with E-state index in [9.17, 15) is 4.39 Å². The lowest BCUT2D eigenvalue weighted by molar-refractivity contribution is 0.149. The Morgan fingerprint density at radius 1 is 1.50 bits per heavy atom. The molecular weight excluding hydrogens is 253 g/mol. The van der Waals surface area contributed by atoms with Gasteiger partial charge in [0.15, 0.2) is 0 Å². The molecule has 1 fully saturated rings. The second kappa shape index (κ2) is 6.00. The monoisotopic (exact) mass is 271 g/mol. The minimum Gasteiger partial charge on any atom is -0.381 e. The average molecular weight is 272 g/mol. The van der Waals surface area contributed by atoms with Crippen LogP contribution in [0.4, 0.5) is 4.39 Å². The van der Waals surface area contributed by atoms with Gasteiger partial charge < -0.3 is 10.1 Å². The Morgan fingerprint density at radius 3 is 3.00 bits per heavy atom. The molecule has 1 aliphatic rings. The van der Waals surface area contributed by atoms with Gasteiger partial charge >= 0.3 is 0 Å². The molecule has 1 heterocycles. The number of benzene rings is 1. The predicted octanol–water partition coefficient (Wildman–Crippen LogP) is 3.04. The van der Waals surface area contributed by atoms with E-state index in [0.717, 1.165) is 26.1 Å². The van der Waals surface area contributed by atoms with Crippen LogP contribution in [0.25, 0.3) is 0 Å². The van der Waals surface area contributed by atoms with Gasteiger partial charge in [0.25, 0.3) is 0 Å². The fourth-order valence-electron chi connectivity index (χ4n) is 2.47. The molecule has 0 radical (unpaired) electrons. The highest BCUT2D eigenvalue weighted by Crippen LogP contribution is 2.33. The number of rotatable bonds is 5. The highest BCUT2D eigenvalue weighted by atomic mass is 35.5. The van der Waals surface area contributed by atoms with Crippen molar-refractivity contribution < 1.29 is 9.13 Å². The largest absolute Gasteiger partial charge is 0.381 e. The minimum atomic E-state index is -0.290. The van der Waals surface area contributed by atoms with Gasteiger partial charge in [0.2, 0.25) is 0 Å². The third kappa shape index (κ3) is 3.02. The summed E-state index contributed by atoms with van der Waals surface area (Å²) in [6.07, 6.45) is 1.64. The average Bonchev–Trinajstić information content (AvgIpc) is 2.82. The van der Waals surface area contributed by atoms with Crippen molar-refractivity contribution in [1.82, 2.24) is 5.32 Å². The van der Waals surface area contributed by atoms with Gasteiger partial charge in [-0.2, -0.15) is 0 Å². The van der Waals surface area contributed by atoms with Crippen molar-refractivity contribution in [2.24, 2.45) is 5.41 Å². The van der Waals surface area contributed by atoms with Gasteiger partial charge in [-0.15, -0.1) is 0 Å². The van der Waals surface area contributed by atoms with Crippen molar-refractivity contribution in [2.75, 3.05) is 26.3 Å². The zero-order valence-electron chi connectivity index (χ0n) is 10.6. The number of ether oxygens (including phenoxy) is 1. The summed E-state index contributed by atoms with van der Waals surface area (Å²) in [5.74, 6) is -0.290. The maximum Gasteiger partial charge on any atom is 0.144 e. The second-order valence-electron chi connectivity index (χ2n) is 4.97. The molecule has 1 saturated heterocycles. The molecule has 0 aromatic heterocycles. The van der Waals surface area contributed by atoms with Gasteiger partial charge in [0, 0.05) is 18.6 Å². The molecule has 0 bridgehead atoms. The standard InChI is InChI=1S/C14H19ClFNO/c1-2-17-9-14(6-7-18-10-14)8-11-4-3-5-12(15)13(11)16/h3-5,17H,2,6-10H2,1H3. The van der Waals surface area contributed by atoms with E-state index in [0.29, 0.717) is 18.6 Å². The maximum atomic E-state index is 14.0. The normalized spacial score (nSPS) is 23.5. The van der Waals surface area contributed by atoms with Crippen molar-refractivity contribution in [3.63, 3.8) is 0 Å². The Balaban J connectivity index is 2.15. The van der Waals surface area contributed by atoms with Crippen LogP contribution in [0.2, 0.25) is 5.02 Å². The Labute approximate surface area is 112 Å². The fraction of sp³-hybridized carbons (Fsp3) is 0.571. The van der Waals surface area contributed by atoms with E-state index in [1.807, 2.05) is 6.07 Å². The van der Waals surface area contributed by atoms with Crippen LogP contribution in [0.5, 0.6) is 0 Å². The van der Waals surface area contributed by atoms with Gasteiger partial charge in [0.1, 0.15) is 5.82 Å². The van der Waals surface area contributed by atoms with E-state index in [4.69, 9.17) is 16.3 Å². The number of hydrogen-bond donors (Lipinski definition) is 1. The summed E-state index contributed by atoms with van der Waals surface area (Å²) in [7, 11) is 0. The SMILES string of the molecule is CCNCC1(Cc2cccc(Cl)c2F)CCOC1. The van der Waals surface area contributed by atoms with E-state index < -0.39 is 0 Å². The Kier molecular flexibility index (Phi) is 4.60. The molecule has 100 valence electrons. The molecule has 0 aliphatic carbocycles. The highest BCUT2D eigenvalue weighted by Gasteiger charge is 2.35. The molecule has 0 amide bonds.